The average Bonchev–Trinajstić information content (AvgIpc) is 2.84. The number of nitrogens with one attached hydrogen (secondary N) is 2. The number of hydrogen-bond acceptors (Lipinski definition) is 4. The number of benzene rings is 2. The minimum atomic E-state index is 0.341. The highest BCUT2D eigenvalue weighted by atomic mass is 32.1. The smallest absolute Gasteiger partial charge is 0.229 e. The third-order valence-corrected chi connectivity index (χ3v) is 6.24. The van der Waals surface area contributed by atoms with Gasteiger partial charge in [-0.15, -0.1) is 0 Å². The summed E-state index contributed by atoms with van der Waals surface area (Å²) in [5, 5.41) is 6.87. The summed E-state index contributed by atoms with van der Waals surface area (Å²) >= 11 is 5.61. The Morgan fingerprint density at radius 1 is 1.00 bits per heavy atom. The lowest BCUT2D eigenvalue weighted by atomic mass is 9.90. The van der Waals surface area contributed by atoms with Gasteiger partial charge in [-0.05, 0) is 75.0 Å². The van der Waals surface area contributed by atoms with Crippen LogP contribution in [-0.4, -0.2) is 46.1 Å². The highest BCUT2D eigenvalue weighted by molar-refractivity contribution is 7.80. The van der Waals surface area contributed by atoms with Gasteiger partial charge < -0.3 is 15.0 Å². The largest absolute Gasteiger partial charge is 0.495 e. The molecule has 2 heterocycles. The Balaban J connectivity index is 1.50. The standard InChI is InChI=1S/C27H32N6OS/c1-19-17-20(2)29-25(28-19)31-26(32-27(35)30-23-11-7-8-12-24(23)34-3)33-15-13-22(14-16-33)18-21-9-5-4-6-10-21/h4-12,17,22H,13-16,18H2,1-3H3,(H2,28,29,30,31,32,35). The van der Waals surface area contributed by atoms with E-state index in [9.17, 15) is 0 Å². The Bertz CT molecular complexity index is 1160. The molecule has 1 aliphatic rings. The van der Waals surface area contributed by atoms with Crippen LogP contribution in [0.2, 0.25) is 0 Å². The quantitative estimate of drug-likeness (QED) is 0.290. The van der Waals surface area contributed by atoms with Gasteiger partial charge in [0.2, 0.25) is 17.0 Å². The lowest BCUT2D eigenvalue weighted by Gasteiger charge is -2.34. The average molecular weight is 489 g/mol. The first-order valence-corrected chi connectivity index (χ1v) is 12.3. The van der Waals surface area contributed by atoms with E-state index in [-0.39, 0.29) is 0 Å². The second-order valence-corrected chi connectivity index (χ2v) is 9.17. The first-order valence-electron chi connectivity index (χ1n) is 11.9. The minimum Gasteiger partial charge on any atom is -0.495 e. The van der Waals surface area contributed by atoms with Gasteiger partial charge in [-0.2, -0.15) is 4.99 Å². The van der Waals surface area contributed by atoms with E-state index in [4.69, 9.17) is 21.9 Å². The Morgan fingerprint density at radius 2 is 1.66 bits per heavy atom. The Morgan fingerprint density at radius 3 is 2.34 bits per heavy atom. The topological polar surface area (TPSA) is 74.7 Å². The zero-order valence-corrected chi connectivity index (χ0v) is 21.3. The van der Waals surface area contributed by atoms with Crippen molar-refractivity contribution in [2.75, 3.05) is 30.8 Å². The molecule has 2 aromatic carbocycles. The Kier molecular flexibility index (Phi) is 8.26. The number of aliphatic imine (C=N–C) groups is 1. The SMILES string of the molecule is COc1ccccc1NC(=S)/N=C(/Nc1nc(C)cc(C)n1)N1CCC(Cc2ccccc2)CC1. The van der Waals surface area contributed by atoms with Gasteiger partial charge in [0.15, 0.2) is 0 Å². The summed E-state index contributed by atoms with van der Waals surface area (Å²) in [5.41, 5.74) is 3.96. The first-order chi connectivity index (χ1) is 17.0. The van der Waals surface area contributed by atoms with Gasteiger partial charge in [-0.1, -0.05) is 42.5 Å². The molecule has 4 rings (SSSR count). The molecule has 0 saturated carbocycles. The van der Waals surface area contributed by atoms with Crippen molar-refractivity contribution in [2.24, 2.45) is 10.9 Å². The number of aromatic nitrogens is 2. The van der Waals surface area contributed by atoms with Crippen LogP contribution in [0.4, 0.5) is 11.6 Å². The number of rotatable bonds is 5. The van der Waals surface area contributed by atoms with Crippen molar-refractivity contribution in [1.82, 2.24) is 14.9 Å². The molecule has 0 atom stereocenters. The number of anilines is 2. The van der Waals surface area contributed by atoms with E-state index in [0.717, 1.165) is 49.4 Å². The summed E-state index contributed by atoms with van der Waals surface area (Å²) in [6, 6.07) is 20.3. The van der Waals surface area contributed by atoms with Crippen molar-refractivity contribution < 1.29 is 4.74 Å². The third kappa shape index (κ3) is 6.99. The molecule has 0 amide bonds. The van der Waals surface area contributed by atoms with E-state index in [1.165, 1.54) is 5.56 Å². The van der Waals surface area contributed by atoms with Gasteiger partial charge in [-0.3, -0.25) is 5.32 Å². The molecule has 1 fully saturated rings. The maximum atomic E-state index is 5.61. The minimum absolute atomic E-state index is 0.341. The molecule has 0 radical (unpaired) electrons. The van der Waals surface area contributed by atoms with Crippen LogP contribution in [0.15, 0.2) is 65.7 Å². The number of guanidine groups is 1. The number of ether oxygens (including phenoxy) is 1. The molecular formula is C27H32N6OS. The Labute approximate surface area is 212 Å². The predicted octanol–water partition coefficient (Wildman–Crippen LogP) is 5.22. The summed E-state index contributed by atoms with van der Waals surface area (Å²) in [6.07, 6.45) is 3.26. The summed E-state index contributed by atoms with van der Waals surface area (Å²) in [5.74, 6) is 2.53. The molecule has 3 aromatic rings. The molecule has 1 aliphatic heterocycles. The van der Waals surface area contributed by atoms with E-state index in [2.05, 4.69) is 55.8 Å². The highest BCUT2D eigenvalue weighted by Crippen LogP contribution is 2.24. The summed E-state index contributed by atoms with van der Waals surface area (Å²) in [4.78, 5) is 16.1. The van der Waals surface area contributed by atoms with Crippen molar-refractivity contribution in [3.05, 3.63) is 77.6 Å². The summed E-state index contributed by atoms with van der Waals surface area (Å²) in [6.45, 7) is 5.68. The van der Waals surface area contributed by atoms with Crippen molar-refractivity contribution in [2.45, 2.75) is 33.1 Å². The zero-order chi connectivity index (χ0) is 24.6. The number of nitrogens with zero attached hydrogens (tertiary/aromatic N) is 4. The summed E-state index contributed by atoms with van der Waals surface area (Å²) < 4.78 is 5.43. The van der Waals surface area contributed by atoms with E-state index >= 15 is 0 Å². The van der Waals surface area contributed by atoms with Crippen LogP contribution >= 0.6 is 12.2 Å². The lowest BCUT2D eigenvalue weighted by Crippen LogP contribution is -2.43. The number of aryl methyl sites for hydroxylation is 2. The van der Waals surface area contributed by atoms with Gasteiger partial charge in [-0.25, -0.2) is 9.97 Å². The van der Waals surface area contributed by atoms with Crippen LogP contribution in [0.3, 0.4) is 0 Å². The molecule has 0 unspecified atom stereocenters. The van der Waals surface area contributed by atoms with E-state index < -0.39 is 0 Å². The van der Waals surface area contributed by atoms with E-state index in [1.807, 2.05) is 44.2 Å². The molecule has 0 spiro atoms. The number of likely N-dealkylation sites (tertiary alicyclic amines) is 1. The number of piperidine rings is 1. The van der Waals surface area contributed by atoms with Crippen LogP contribution in [0.5, 0.6) is 5.75 Å². The molecule has 8 heteroatoms. The van der Waals surface area contributed by atoms with Crippen LogP contribution in [0, 0.1) is 19.8 Å². The normalized spacial score (nSPS) is 14.5. The zero-order valence-electron chi connectivity index (χ0n) is 20.5. The van der Waals surface area contributed by atoms with Crippen LogP contribution in [0.1, 0.15) is 29.8 Å². The van der Waals surface area contributed by atoms with Crippen LogP contribution < -0.4 is 15.4 Å². The molecule has 35 heavy (non-hydrogen) atoms. The van der Waals surface area contributed by atoms with Gasteiger partial charge >= 0.3 is 0 Å². The second-order valence-electron chi connectivity index (χ2n) is 8.79. The monoisotopic (exact) mass is 488 g/mol. The second kappa shape index (κ2) is 11.8. The van der Waals surface area contributed by atoms with Crippen LogP contribution in [0.25, 0.3) is 0 Å². The Hall–Kier alpha value is -3.52. The van der Waals surface area contributed by atoms with Crippen LogP contribution in [-0.2, 0) is 6.42 Å². The van der Waals surface area contributed by atoms with Gasteiger partial charge in [0.25, 0.3) is 0 Å². The molecule has 0 bridgehead atoms. The van der Waals surface area contributed by atoms with Crippen molar-refractivity contribution in [1.29, 1.82) is 0 Å². The van der Waals surface area contributed by atoms with E-state index in [1.54, 1.807) is 7.11 Å². The third-order valence-electron chi connectivity index (χ3n) is 6.04. The number of para-hydroxylation sites is 2. The first kappa shape index (κ1) is 24.6. The molecule has 182 valence electrons. The molecule has 0 aliphatic carbocycles. The number of hydrogen-bond donors (Lipinski definition) is 2. The maximum absolute atomic E-state index is 5.61. The van der Waals surface area contributed by atoms with Gasteiger partial charge in [0, 0.05) is 24.5 Å². The van der Waals surface area contributed by atoms with Gasteiger partial charge in [0.1, 0.15) is 5.75 Å². The van der Waals surface area contributed by atoms with Crippen molar-refractivity contribution in [3.63, 3.8) is 0 Å². The molecule has 2 N–H and O–H groups in total. The van der Waals surface area contributed by atoms with E-state index in [0.29, 0.717) is 28.7 Å². The fourth-order valence-corrected chi connectivity index (χ4v) is 4.54. The van der Waals surface area contributed by atoms with Crippen molar-refractivity contribution in [3.8, 4) is 5.75 Å². The van der Waals surface area contributed by atoms with Gasteiger partial charge in [0.05, 0.1) is 12.8 Å². The molecular weight excluding hydrogens is 456 g/mol. The molecule has 7 nitrogen and oxygen atoms in total. The summed E-state index contributed by atoms with van der Waals surface area (Å²) in [7, 11) is 1.64. The lowest BCUT2D eigenvalue weighted by molar-refractivity contribution is 0.265. The maximum Gasteiger partial charge on any atom is 0.229 e. The molecule has 1 aromatic heterocycles. The fraction of sp³-hybridized carbons (Fsp3) is 0.333. The number of thiocarbonyl (C=S) groups is 1. The molecule has 1 saturated heterocycles. The fourth-order valence-electron chi connectivity index (χ4n) is 4.34. The number of methoxy groups -OCH3 is 1. The van der Waals surface area contributed by atoms with Crippen molar-refractivity contribution >= 4 is 34.9 Å². The highest BCUT2D eigenvalue weighted by Gasteiger charge is 2.23. The predicted molar refractivity (Wildman–Crippen MR) is 146 cm³/mol.